The first-order chi connectivity index (χ1) is 12.2. The van der Waals surface area contributed by atoms with Gasteiger partial charge in [0.1, 0.15) is 13.2 Å². The third kappa shape index (κ3) is 5.43. The molecule has 1 fully saturated rings. The van der Waals surface area contributed by atoms with E-state index in [0.29, 0.717) is 34.8 Å². The minimum absolute atomic E-state index is 0.480. The summed E-state index contributed by atoms with van der Waals surface area (Å²) < 4.78 is 16.3. The summed E-state index contributed by atoms with van der Waals surface area (Å²) >= 11 is 11.4. The average molecular weight is 385 g/mol. The number of fused-ring (bicyclic) bond motifs is 1. The molecule has 136 valence electrons. The summed E-state index contributed by atoms with van der Waals surface area (Å²) in [6.45, 7) is 6.22. The second-order valence-electron chi connectivity index (χ2n) is 5.61. The molecule has 0 bridgehead atoms. The van der Waals surface area contributed by atoms with Crippen LogP contribution in [0.3, 0.4) is 0 Å². The number of thiocarbonyl (C=S) groups is 1. The van der Waals surface area contributed by atoms with Crippen molar-refractivity contribution in [1.82, 2.24) is 15.6 Å². The van der Waals surface area contributed by atoms with E-state index in [-0.39, 0.29) is 0 Å². The highest BCUT2D eigenvalue weighted by Gasteiger charge is 2.16. The number of nitrogens with one attached hydrogen (secondary N) is 2. The maximum absolute atomic E-state index is 6.19. The van der Waals surface area contributed by atoms with E-state index in [4.69, 9.17) is 38.0 Å². The second kappa shape index (κ2) is 9.19. The van der Waals surface area contributed by atoms with Crippen LogP contribution in [0.2, 0.25) is 5.02 Å². The van der Waals surface area contributed by atoms with E-state index in [1.807, 2.05) is 6.07 Å². The van der Waals surface area contributed by atoms with Gasteiger partial charge in [0.25, 0.3) is 0 Å². The Hall–Kier alpha value is -1.61. The van der Waals surface area contributed by atoms with Crippen molar-refractivity contribution in [1.29, 1.82) is 0 Å². The highest BCUT2D eigenvalue weighted by atomic mass is 35.5. The average Bonchev–Trinajstić information content (AvgIpc) is 2.63. The van der Waals surface area contributed by atoms with Crippen LogP contribution < -0.4 is 20.2 Å². The van der Waals surface area contributed by atoms with Crippen molar-refractivity contribution in [3.63, 3.8) is 0 Å². The molecule has 3 rings (SSSR count). The zero-order valence-corrected chi connectivity index (χ0v) is 15.4. The highest BCUT2D eigenvalue weighted by molar-refractivity contribution is 7.80. The summed E-state index contributed by atoms with van der Waals surface area (Å²) in [7, 11) is 0. The van der Waals surface area contributed by atoms with Crippen LogP contribution in [0.15, 0.2) is 17.2 Å². The van der Waals surface area contributed by atoms with Crippen LogP contribution in [0.4, 0.5) is 0 Å². The van der Waals surface area contributed by atoms with Gasteiger partial charge in [-0.2, -0.15) is 5.10 Å². The first-order valence-electron chi connectivity index (χ1n) is 8.18. The molecular formula is C16H21ClN4O3S. The maximum atomic E-state index is 6.19. The first kappa shape index (κ1) is 18.2. The number of benzene rings is 1. The number of ether oxygens (including phenoxy) is 3. The lowest BCUT2D eigenvalue weighted by Crippen LogP contribution is -2.42. The molecule has 1 saturated heterocycles. The van der Waals surface area contributed by atoms with Gasteiger partial charge in [0, 0.05) is 26.2 Å². The molecule has 0 unspecified atom stereocenters. The lowest BCUT2D eigenvalue weighted by Gasteiger charge is -2.26. The Bertz CT molecular complexity index is 638. The van der Waals surface area contributed by atoms with E-state index in [0.717, 1.165) is 45.0 Å². The number of halogens is 1. The molecule has 9 heteroatoms. The minimum Gasteiger partial charge on any atom is -0.486 e. The van der Waals surface area contributed by atoms with E-state index >= 15 is 0 Å². The molecule has 0 aliphatic carbocycles. The molecule has 1 aromatic carbocycles. The van der Waals surface area contributed by atoms with Crippen molar-refractivity contribution >= 4 is 35.1 Å². The number of nitrogens with zero attached hydrogens (tertiary/aromatic N) is 2. The molecule has 0 spiro atoms. The molecule has 0 amide bonds. The smallest absolute Gasteiger partial charge is 0.187 e. The summed E-state index contributed by atoms with van der Waals surface area (Å²) in [6, 6.07) is 3.61. The van der Waals surface area contributed by atoms with E-state index in [1.165, 1.54) is 0 Å². The van der Waals surface area contributed by atoms with Crippen molar-refractivity contribution in [2.45, 2.75) is 0 Å². The lowest BCUT2D eigenvalue weighted by atomic mass is 10.2. The predicted octanol–water partition coefficient (Wildman–Crippen LogP) is 1.24. The van der Waals surface area contributed by atoms with Crippen LogP contribution in [-0.2, 0) is 4.74 Å². The van der Waals surface area contributed by atoms with Gasteiger partial charge in [0.15, 0.2) is 16.6 Å². The standard InChI is InChI=1S/C16H21ClN4O3S/c17-13-9-12(10-14-15(13)24-8-7-23-14)11-19-20-16(25)18-1-2-21-3-5-22-6-4-21/h9-11H,1-8H2,(H2,18,20,25)/b19-11-. The van der Waals surface area contributed by atoms with Crippen molar-refractivity contribution in [3.05, 3.63) is 22.7 Å². The summed E-state index contributed by atoms with van der Waals surface area (Å²) in [4.78, 5) is 2.33. The van der Waals surface area contributed by atoms with Gasteiger partial charge >= 0.3 is 0 Å². The monoisotopic (exact) mass is 384 g/mol. The predicted molar refractivity (Wildman–Crippen MR) is 101 cm³/mol. The van der Waals surface area contributed by atoms with Gasteiger partial charge in [-0.05, 0) is 29.9 Å². The fraction of sp³-hybridized carbons (Fsp3) is 0.500. The fourth-order valence-electron chi connectivity index (χ4n) is 2.56. The Morgan fingerprint density at radius 3 is 2.88 bits per heavy atom. The maximum Gasteiger partial charge on any atom is 0.187 e. The molecule has 7 nitrogen and oxygen atoms in total. The van der Waals surface area contributed by atoms with E-state index in [9.17, 15) is 0 Å². The number of morpholine rings is 1. The van der Waals surface area contributed by atoms with E-state index < -0.39 is 0 Å². The topological polar surface area (TPSA) is 67.4 Å². The zero-order valence-electron chi connectivity index (χ0n) is 13.8. The van der Waals surface area contributed by atoms with Crippen molar-refractivity contribution < 1.29 is 14.2 Å². The Kier molecular flexibility index (Phi) is 6.69. The molecule has 0 atom stereocenters. The summed E-state index contributed by atoms with van der Waals surface area (Å²) in [5.41, 5.74) is 3.60. The second-order valence-corrected chi connectivity index (χ2v) is 6.42. The van der Waals surface area contributed by atoms with Crippen molar-refractivity contribution in [2.75, 3.05) is 52.6 Å². The number of hydrogen-bond donors (Lipinski definition) is 2. The summed E-state index contributed by atoms with van der Waals surface area (Å²) in [5.74, 6) is 1.21. The highest BCUT2D eigenvalue weighted by Crippen LogP contribution is 2.37. The molecule has 2 aliphatic rings. The molecule has 25 heavy (non-hydrogen) atoms. The molecule has 1 aromatic rings. The van der Waals surface area contributed by atoms with Crippen LogP contribution in [0.5, 0.6) is 11.5 Å². The van der Waals surface area contributed by atoms with E-state index in [1.54, 1.807) is 12.3 Å². The molecular weight excluding hydrogens is 364 g/mol. The van der Waals surface area contributed by atoms with Gasteiger partial charge in [-0.15, -0.1) is 0 Å². The molecule has 2 heterocycles. The summed E-state index contributed by atoms with van der Waals surface area (Å²) in [5, 5.41) is 8.24. The Balaban J connectivity index is 1.43. The third-order valence-corrected chi connectivity index (χ3v) is 4.33. The fourth-order valence-corrected chi connectivity index (χ4v) is 2.99. The SMILES string of the molecule is S=C(NCCN1CCOCC1)N/N=C\c1cc(Cl)c2c(c1)OCCO2. The van der Waals surface area contributed by atoms with Crippen molar-refractivity contribution in [3.8, 4) is 11.5 Å². The van der Waals surface area contributed by atoms with Gasteiger partial charge in [-0.3, -0.25) is 10.3 Å². The molecule has 2 N–H and O–H groups in total. The minimum atomic E-state index is 0.480. The summed E-state index contributed by atoms with van der Waals surface area (Å²) in [6.07, 6.45) is 1.64. The molecule has 0 radical (unpaired) electrons. The zero-order chi connectivity index (χ0) is 17.5. The Morgan fingerprint density at radius 2 is 2.04 bits per heavy atom. The number of hydrazone groups is 1. The normalized spacial score (nSPS) is 17.5. The van der Waals surface area contributed by atoms with Crippen LogP contribution in [0.1, 0.15) is 5.56 Å². The lowest BCUT2D eigenvalue weighted by molar-refractivity contribution is 0.0389. The quantitative estimate of drug-likeness (QED) is 0.450. The third-order valence-electron chi connectivity index (χ3n) is 3.82. The van der Waals surface area contributed by atoms with Crippen LogP contribution in [0, 0.1) is 0 Å². The van der Waals surface area contributed by atoms with Gasteiger partial charge in [-0.25, -0.2) is 0 Å². The van der Waals surface area contributed by atoms with Crippen molar-refractivity contribution in [2.24, 2.45) is 5.10 Å². The number of rotatable bonds is 5. The number of hydrogen-bond acceptors (Lipinski definition) is 6. The van der Waals surface area contributed by atoms with Crippen LogP contribution in [-0.4, -0.2) is 68.8 Å². The van der Waals surface area contributed by atoms with Gasteiger partial charge < -0.3 is 19.5 Å². The Morgan fingerprint density at radius 1 is 1.24 bits per heavy atom. The van der Waals surface area contributed by atoms with Crippen LogP contribution in [0.25, 0.3) is 0 Å². The largest absolute Gasteiger partial charge is 0.486 e. The van der Waals surface area contributed by atoms with Gasteiger partial charge in [-0.1, -0.05) is 11.6 Å². The first-order valence-corrected chi connectivity index (χ1v) is 8.97. The van der Waals surface area contributed by atoms with Crippen LogP contribution >= 0.6 is 23.8 Å². The van der Waals surface area contributed by atoms with E-state index in [2.05, 4.69) is 20.7 Å². The molecule has 0 aromatic heterocycles. The molecule has 0 saturated carbocycles. The van der Waals surface area contributed by atoms with Gasteiger partial charge in [0.2, 0.25) is 0 Å². The molecule has 2 aliphatic heterocycles. The van der Waals surface area contributed by atoms with Gasteiger partial charge in [0.05, 0.1) is 24.5 Å². The Labute approximate surface area is 157 Å².